The molecule has 1 aromatic carbocycles. The van der Waals surface area contributed by atoms with Crippen LogP contribution in [0.2, 0.25) is 0 Å². The summed E-state index contributed by atoms with van der Waals surface area (Å²) in [5.41, 5.74) is 1.15. The second kappa shape index (κ2) is 9.02. The number of amides is 2. The molecule has 1 heterocycles. The molecule has 0 bridgehead atoms. The first-order valence-electron chi connectivity index (χ1n) is 9.95. The predicted molar refractivity (Wildman–Crippen MR) is 102 cm³/mol. The largest absolute Gasteiger partial charge is 0.462 e. The van der Waals surface area contributed by atoms with Gasteiger partial charge in [0.1, 0.15) is 0 Å². The van der Waals surface area contributed by atoms with Crippen molar-refractivity contribution in [3.63, 3.8) is 0 Å². The van der Waals surface area contributed by atoms with Gasteiger partial charge in [-0.25, -0.2) is 4.79 Å². The number of nitrogens with zero attached hydrogens (tertiary/aromatic N) is 1. The van der Waals surface area contributed by atoms with Crippen molar-refractivity contribution < 1.29 is 19.1 Å². The number of carbonyl (C=O) groups excluding carboxylic acids is 3. The highest BCUT2D eigenvalue weighted by Crippen LogP contribution is 2.32. The normalized spacial score (nSPS) is 17.4. The molecular formula is C21H28N2O4. The molecule has 3 rings (SSSR count). The zero-order chi connectivity index (χ0) is 19.2. The first-order valence-corrected chi connectivity index (χ1v) is 9.95. The number of hydrogen-bond acceptors (Lipinski definition) is 4. The zero-order valence-corrected chi connectivity index (χ0v) is 15.9. The third-order valence-corrected chi connectivity index (χ3v) is 5.22. The van der Waals surface area contributed by atoms with Crippen LogP contribution in [-0.4, -0.2) is 42.4 Å². The molecule has 1 N–H and O–H groups in total. The Morgan fingerprint density at radius 2 is 1.70 bits per heavy atom. The van der Waals surface area contributed by atoms with Crippen LogP contribution in [0.1, 0.15) is 55.8 Å². The Morgan fingerprint density at radius 3 is 2.30 bits per heavy atom. The molecule has 0 atom stereocenters. The van der Waals surface area contributed by atoms with Crippen molar-refractivity contribution in [2.45, 2.75) is 45.4 Å². The van der Waals surface area contributed by atoms with Crippen LogP contribution in [0.4, 0.5) is 5.69 Å². The molecule has 27 heavy (non-hydrogen) atoms. The van der Waals surface area contributed by atoms with E-state index in [1.165, 1.54) is 0 Å². The van der Waals surface area contributed by atoms with Gasteiger partial charge in [0.15, 0.2) is 0 Å². The molecule has 2 aliphatic rings. The summed E-state index contributed by atoms with van der Waals surface area (Å²) >= 11 is 0. The molecule has 0 aromatic heterocycles. The van der Waals surface area contributed by atoms with Crippen molar-refractivity contribution >= 4 is 23.5 Å². The third kappa shape index (κ3) is 5.31. The summed E-state index contributed by atoms with van der Waals surface area (Å²) < 4.78 is 5.18. The van der Waals surface area contributed by atoms with E-state index in [0.717, 1.165) is 25.7 Å². The number of likely N-dealkylation sites (tertiary alicyclic amines) is 1. The lowest BCUT2D eigenvalue weighted by molar-refractivity contribution is -0.135. The van der Waals surface area contributed by atoms with Crippen LogP contribution in [0.15, 0.2) is 24.3 Å². The van der Waals surface area contributed by atoms with E-state index in [0.29, 0.717) is 43.8 Å². The summed E-state index contributed by atoms with van der Waals surface area (Å²) in [4.78, 5) is 38.4. The van der Waals surface area contributed by atoms with E-state index in [1.807, 2.05) is 11.8 Å². The molecule has 2 fully saturated rings. The molecule has 1 saturated heterocycles. The number of anilines is 1. The lowest BCUT2D eigenvalue weighted by Gasteiger charge is -2.31. The Kier molecular flexibility index (Phi) is 6.48. The summed E-state index contributed by atoms with van der Waals surface area (Å²) in [5, 5.41) is 2.91. The standard InChI is InChI=1S/C21H28N2O4/c1-2-3-14-27-21(26)17-6-8-18(9-7-17)22-19(24)15-10-12-23(13-11-15)20(25)16-4-5-16/h6-9,15-16H,2-5,10-14H2,1H3,(H,22,24). The van der Waals surface area contributed by atoms with Crippen molar-refractivity contribution in [1.29, 1.82) is 0 Å². The number of unbranched alkanes of at least 4 members (excludes halogenated alkanes) is 1. The maximum absolute atomic E-state index is 12.5. The van der Waals surface area contributed by atoms with Crippen LogP contribution in [0.5, 0.6) is 0 Å². The number of hydrogen-bond donors (Lipinski definition) is 1. The predicted octanol–water partition coefficient (Wildman–Crippen LogP) is 3.23. The van der Waals surface area contributed by atoms with E-state index in [-0.39, 0.29) is 29.6 Å². The van der Waals surface area contributed by atoms with Gasteiger partial charge in [0.25, 0.3) is 0 Å². The Hall–Kier alpha value is -2.37. The maximum atomic E-state index is 12.5. The number of benzene rings is 1. The van der Waals surface area contributed by atoms with E-state index in [2.05, 4.69) is 5.32 Å². The number of piperidine rings is 1. The number of ether oxygens (including phenoxy) is 1. The molecule has 0 unspecified atom stereocenters. The average molecular weight is 372 g/mol. The Balaban J connectivity index is 1.45. The molecule has 6 nitrogen and oxygen atoms in total. The SMILES string of the molecule is CCCCOC(=O)c1ccc(NC(=O)C2CCN(C(=O)C3CC3)CC2)cc1. The highest BCUT2D eigenvalue weighted by Gasteiger charge is 2.35. The fourth-order valence-corrected chi connectivity index (χ4v) is 3.28. The van der Waals surface area contributed by atoms with E-state index < -0.39 is 0 Å². The molecule has 146 valence electrons. The zero-order valence-electron chi connectivity index (χ0n) is 15.9. The monoisotopic (exact) mass is 372 g/mol. The molecule has 1 aliphatic heterocycles. The van der Waals surface area contributed by atoms with Gasteiger partial charge in [0, 0.05) is 30.6 Å². The van der Waals surface area contributed by atoms with E-state index in [1.54, 1.807) is 24.3 Å². The van der Waals surface area contributed by atoms with Gasteiger partial charge in [-0.1, -0.05) is 13.3 Å². The van der Waals surface area contributed by atoms with Crippen LogP contribution in [0.3, 0.4) is 0 Å². The fourth-order valence-electron chi connectivity index (χ4n) is 3.28. The molecule has 2 amide bonds. The quantitative estimate of drug-likeness (QED) is 0.589. The highest BCUT2D eigenvalue weighted by molar-refractivity contribution is 5.94. The number of esters is 1. The smallest absolute Gasteiger partial charge is 0.338 e. The number of carbonyl (C=O) groups is 3. The summed E-state index contributed by atoms with van der Waals surface area (Å²) in [5.74, 6) is 0.0607. The van der Waals surface area contributed by atoms with Crippen LogP contribution in [-0.2, 0) is 14.3 Å². The van der Waals surface area contributed by atoms with Crippen LogP contribution >= 0.6 is 0 Å². The molecule has 0 spiro atoms. The maximum Gasteiger partial charge on any atom is 0.338 e. The molecule has 1 aliphatic carbocycles. The van der Waals surface area contributed by atoms with Gasteiger partial charge in [-0.05, 0) is 56.4 Å². The first-order chi connectivity index (χ1) is 13.1. The van der Waals surface area contributed by atoms with Crippen molar-refractivity contribution in [2.24, 2.45) is 11.8 Å². The van der Waals surface area contributed by atoms with Gasteiger partial charge in [-0.15, -0.1) is 0 Å². The van der Waals surface area contributed by atoms with E-state index in [4.69, 9.17) is 4.74 Å². The van der Waals surface area contributed by atoms with Gasteiger partial charge in [0.05, 0.1) is 12.2 Å². The Labute approximate surface area is 160 Å². The minimum absolute atomic E-state index is 0.0215. The van der Waals surface area contributed by atoms with Gasteiger partial charge < -0.3 is 15.0 Å². The first kappa shape index (κ1) is 19.4. The second-order valence-corrected chi connectivity index (χ2v) is 7.43. The third-order valence-electron chi connectivity index (χ3n) is 5.22. The average Bonchev–Trinajstić information content (AvgIpc) is 3.53. The van der Waals surface area contributed by atoms with Gasteiger partial charge >= 0.3 is 5.97 Å². The topological polar surface area (TPSA) is 75.7 Å². The summed E-state index contributed by atoms with van der Waals surface area (Å²) in [6, 6.07) is 6.78. The molecule has 1 saturated carbocycles. The van der Waals surface area contributed by atoms with Crippen LogP contribution < -0.4 is 5.32 Å². The minimum atomic E-state index is -0.339. The second-order valence-electron chi connectivity index (χ2n) is 7.43. The van der Waals surface area contributed by atoms with Crippen molar-refractivity contribution in [3.8, 4) is 0 Å². The van der Waals surface area contributed by atoms with E-state index in [9.17, 15) is 14.4 Å². The fraction of sp³-hybridized carbons (Fsp3) is 0.571. The molecular weight excluding hydrogens is 344 g/mol. The molecule has 1 aromatic rings. The van der Waals surface area contributed by atoms with Gasteiger partial charge in [-0.3, -0.25) is 9.59 Å². The van der Waals surface area contributed by atoms with Gasteiger partial charge in [0.2, 0.25) is 11.8 Å². The summed E-state index contributed by atoms with van der Waals surface area (Å²) in [6.45, 7) is 3.79. The van der Waals surface area contributed by atoms with Crippen molar-refractivity contribution in [2.75, 3.05) is 25.0 Å². The summed E-state index contributed by atoms with van der Waals surface area (Å²) in [7, 11) is 0. The number of rotatable bonds is 7. The summed E-state index contributed by atoms with van der Waals surface area (Å²) in [6.07, 6.45) is 5.26. The molecule has 6 heteroatoms. The minimum Gasteiger partial charge on any atom is -0.462 e. The Morgan fingerprint density at radius 1 is 1.04 bits per heavy atom. The Bertz CT molecular complexity index is 674. The van der Waals surface area contributed by atoms with Gasteiger partial charge in [-0.2, -0.15) is 0 Å². The lowest BCUT2D eigenvalue weighted by Crippen LogP contribution is -2.42. The van der Waals surface area contributed by atoms with E-state index >= 15 is 0 Å². The molecule has 0 radical (unpaired) electrons. The van der Waals surface area contributed by atoms with Crippen LogP contribution in [0.25, 0.3) is 0 Å². The lowest BCUT2D eigenvalue weighted by atomic mass is 9.95. The number of nitrogens with one attached hydrogen (secondary N) is 1. The van der Waals surface area contributed by atoms with Crippen molar-refractivity contribution in [3.05, 3.63) is 29.8 Å². The highest BCUT2D eigenvalue weighted by atomic mass is 16.5. The van der Waals surface area contributed by atoms with Crippen LogP contribution in [0, 0.1) is 11.8 Å². The van der Waals surface area contributed by atoms with Crippen molar-refractivity contribution in [1.82, 2.24) is 4.90 Å².